The summed E-state index contributed by atoms with van der Waals surface area (Å²) in [5.41, 5.74) is -0.390. The van der Waals surface area contributed by atoms with Crippen LogP contribution >= 0.6 is 0 Å². The van der Waals surface area contributed by atoms with E-state index in [-0.39, 0.29) is 0 Å². The van der Waals surface area contributed by atoms with Crippen LogP contribution in [0.3, 0.4) is 0 Å². The van der Waals surface area contributed by atoms with Gasteiger partial charge in [0, 0.05) is 26.6 Å². The largest absolute Gasteiger partial charge is 0.299 e. The van der Waals surface area contributed by atoms with Gasteiger partial charge < -0.3 is 0 Å². The molecule has 1 aliphatic heterocycles. The molecule has 0 saturated carbocycles. The van der Waals surface area contributed by atoms with Crippen molar-refractivity contribution in [2.75, 3.05) is 13.5 Å². The Kier molecular flexibility index (Phi) is 0.626. The second-order valence-electron chi connectivity index (χ2n) is 2.39. The molecule has 0 aliphatic carbocycles. The van der Waals surface area contributed by atoms with Crippen LogP contribution < -0.4 is 0 Å². The quantitative estimate of drug-likeness (QED) is 0.642. The molecule has 0 bridgehead atoms. The summed E-state index contributed by atoms with van der Waals surface area (Å²) >= 11 is 0. The minimum atomic E-state index is -2.90. The van der Waals surface area contributed by atoms with Crippen molar-refractivity contribution in [2.24, 2.45) is 0 Å². The van der Waals surface area contributed by atoms with Gasteiger partial charge in [0.25, 0.3) is 0 Å². The highest BCUT2D eigenvalue weighted by Crippen LogP contribution is 2.29. The zero-order valence-corrected chi connectivity index (χ0v) is 6.47. The molecule has 0 spiro atoms. The maximum atomic E-state index is 7.99. The van der Waals surface area contributed by atoms with E-state index >= 15 is 0 Å². The first-order chi connectivity index (χ1) is 9.78. The summed E-state index contributed by atoms with van der Waals surface area (Å²) in [4.78, 5) is 4.24. The third kappa shape index (κ3) is 1.34. The molecule has 1 aliphatic rings. The fourth-order valence-electron chi connectivity index (χ4n) is 0.985. The van der Waals surface area contributed by atoms with Gasteiger partial charge in [-0.2, -0.15) is 0 Å². The van der Waals surface area contributed by atoms with Crippen molar-refractivity contribution < 1.29 is 13.7 Å². The summed E-state index contributed by atoms with van der Waals surface area (Å²) in [7, 11) is 1.16. The van der Waals surface area contributed by atoms with Gasteiger partial charge in [-0.15, -0.1) is 0 Å². The van der Waals surface area contributed by atoms with E-state index < -0.39 is 55.3 Å². The molecule has 12 heavy (non-hydrogen) atoms. The Morgan fingerprint density at radius 3 is 3.50 bits per heavy atom. The van der Waals surface area contributed by atoms with Crippen LogP contribution in [0.15, 0.2) is 24.4 Å². The van der Waals surface area contributed by atoms with Crippen molar-refractivity contribution >= 4 is 0 Å². The summed E-state index contributed by atoms with van der Waals surface area (Å²) in [6, 6.07) is -2.82. The molecule has 2 nitrogen and oxygen atoms in total. The van der Waals surface area contributed by atoms with E-state index in [0.29, 0.717) is 0 Å². The molecule has 2 heterocycles. The van der Waals surface area contributed by atoms with Crippen LogP contribution in [-0.2, 0) is 0 Å². The first-order valence-corrected chi connectivity index (χ1v) is 3.45. The number of hydrogen-bond acceptors (Lipinski definition) is 2. The fraction of sp³-hybridized carbons (Fsp3) is 0.500. The van der Waals surface area contributed by atoms with Crippen molar-refractivity contribution in [1.82, 2.24) is 9.88 Å². The summed E-state index contributed by atoms with van der Waals surface area (Å²) in [6.07, 6.45) is -6.89. The topological polar surface area (TPSA) is 16.1 Å². The predicted octanol–water partition coefficient (Wildman–Crippen LogP) is 1.85. The normalized spacial score (nSPS) is 49.2. The second-order valence-corrected chi connectivity index (χ2v) is 2.39. The van der Waals surface area contributed by atoms with E-state index in [1.807, 2.05) is 0 Å². The number of rotatable bonds is 1. The minimum absolute atomic E-state index is 0.390. The van der Waals surface area contributed by atoms with Gasteiger partial charge >= 0.3 is 0 Å². The van der Waals surface area contributed by atoms with Crippen molar-refractivity contribution in [2.45, 2.75) is 18.8 Å². The number of pyridine rings is 1. The predicted molar refractivity (Wildman–Crippen MR) is 48.8 cm³/mol. The molecule has 0 amide bonds. The zero-order chi connectivity index (χ0) is 17.2. The van der Waals surface area contributed by atoms with Gasteiger partial charge in [0.1, 0.15) is 0 Å². The van der Waals surface area contributed by atoms with Gasteiger partial charge in [-0.3, -0.25) is 9.88 Å². The maximum absolute atomic E-state index is 7.99. The number of hydrogen-bond donors (Lipinski definition) is 0. The van der Waals surface area contributed by atoms with Gasteiger partial charge in [0.2, 0.25) is 0 Å². The Morgan fingerprint density at radius 2 is 2.75 bits per heavy atom. The Bertz CT molecular complexity index is 629. The molecule has 0 N–H and O–H groups in total. The molecule has 0 radical (unpaired) electrons. The van der Waals surface area contributed by atoms with E-state index in [1.54, 1.807) is 0 Å². The lowest BCUT2D eigenvalue weighted by atomic mass is 10.1. The highest BCUT2D eigenvalue weighted by molar-refractivity contribution is 5.14. The van der Waals surface area contributed by atoms with Crippen molar-refractivity contribution in [3.63, 3.8) is 0 Å². The minimum Gasteiger partial charge on any atom is -0.299 e. The van der Waals surface area contributed by atoms with Crippen molar-refractivity contribution in [1.29, 1.82) is 0 Å². The maximum Gasteiger partial charge on any atom is 0.0843 e. The van der Waals surface area contributed by atoms with E-state index in [9.17, 15) is 0 Å². The first kappa shape index (κ1) is 2.32. The number of nitrogens with zero attached hydrogens (tertiary/aromatic N) is 2. The number of aromatic nitrogens is 1. The van der Waals surface area contributed by atoms with E-state index in [2.05, 4.69) is 4.98 Å². The van der Waals surface area contributed by atoms with Crippen LogP contribution in [0.5, 0.6) is 0 Å². The van der Waals surface area contributed by atoms with Crippen LogP contribution in [-0.4, -0.2) is 23.4 Å². The molecule has 2 rings (SSSR count). The summed E-state index contributed by atoms with van der Waals surface area (Å²) in [6.45, 7) is -2.68. The van der Waals surface area contributed by atoms with Gasteiger partial charge in [0.15, 0.2) is 0 Å². The third-order valence-corrected chi connectivity index (χ3v) is 1.59. The van der Waals surface area contributed by atoms with Crippen LogP contribution in [0.4, 0.5) is 0 Å². The highest BCUT2D eigenvalue weighted by atomic mass is 15.1. The Labute approximate surface area is 87.3 Å². The average Bonchev–Trinajstić information content (AvgIpc) is 2.47. The van der Waals surface area contributed by atoms with Crippen molar-refractivity contribution in [3.05, 3.63) is 30.0 Å². The zero-order valence-electron chi connectivity index (χ0n) is 16.5. The molecule has 1 fully saturated rings. The van der Waals surface area contributed by atoms with Crippen LogP contribution in [0.2, 0.25) is 0 Å². The Balaban J connectivity index is 2.76. The molecule has 1 atom stereocenters. The van der Waals surface area contributed by atoms with Gasteiger partial charge in [-0.1, -0.05) is 6.04 Å². The highest BCUT2D eigenvalue weighted by Gasteiger charge is 2.21. The van der Waals surface area contributed by atoms with Gasteiger partial charge in [-0.25, -0.2) is 0 Å². The van der Waals surface area contributed by atoms with E-state index in [1.165, 1.54) is 0 Å². The van der Waals surface area contributed by atoms with Crippen LogP contribution in [0.25, 0.3) is 0 Å². The van der Waals surface area contributed by atoms with E-state index in [0.717, 1.165) is 11.9 Å². The smallest absolute Gasteiger partial charge is 0.0843 e. The Morgan fingerprint density at radius 1 is 1.83 bits per heavy atom. The molecule has 64 valence electrons. The molecule has 2 heteroatoms. The SMILES string of the molecule is [2H]c1nc([2H])c([C@H]2N(C)C([2H])([2H])C([2H])([2H])C2([2H])[2H])c([2H])c1[2H]. The lowest BCUT2D eigenvalue weighted by molar-refractivity contribution is 0.317. The Hall–Kier alpha value is -0.890. The monoisotopic (exact) mass is 172 g/mol. The third-order valence-electron chi connectivity index (χ3n) is 1.59. The van der Waals surface area contributed by atoms with Gasteiger partial charge in [0.05, 0.1) is 5.48 Å². The standard InChI is InChI=1S/C10H14N2/c1-12-7-3-5-10(12)9-4-2-6-11-8-9/h2,4,6,8,10H,3,5,7H2,1H3/t10-/m0/s1/i2D,3D2,4D,5D2,6D,7D2,8D. The summed E-state index contributed by atoms with van der Waals surface area (Å²) in [5, 5.41) is 0. The molecule has 0 unspecified atom stereocenters. The molecule has 1 saturated heterocycles. The summed E-state index contributed by atoms with van der Waals surface area (Å²) in [5.74, 6) is 0. The molecule has 0 aromatic carbocycles. The average molecular weight is 172 g/mol. The summed E-state index contributed by atoms with van der Waals surface area (Å²) < 4.78 is 77.8. The fourth-order valence-corrected chi connectivity index (χ4v) is 0.985. The van der Waals surface area contributed by atoms with Gasteiger partial charge in [-0.05, 0) is 37.9 Å². The number of likely N-dealkylation sites (tertiary alicyclic amines) is 1. The van der Waals surface area contributed by atoms with Crippen LogP contribution in [0.1, 0.15) is 38.1 Å². The lowest BCUT2D eigenvalue weighted by Gasteiger charge is -2.18. The van der Waals surface area contributed by atoms with E-state index in [4.69, 9.17) is 13.7 Å². The first-order valence-electron chi connectivity index (χ1n) is 8.45. The lowest BCUT2D eigenvalue weighted by Crippen LogP contribution is -2.17. The van der Waals surface area contributed by atoms with Crippen molar-refractivity contribution in [3.8, 4) is 0 Å². The van der Waals surface area contributed by atoms with Crippen LogP contribution in [0, 0.1) is 0 Å². The molecular formula is C10H14N2. The molecular weight excluding hydrogens is 148 g/mol. The molecule has 1 aromatic rings. The second kappa shape index (κ2) is 3.23. The molecule has 1 aromatic heterocycles.